The van der Waals surface area contributed by atoms with E-state index in [1.807, 2.05) is 13.1 Å². The van der Waals surface area contributed by atoms with E-state index in [1.165, 1.54) is 19.5 Å². The molecular weight excluding hydrogens is 200 g/mol. The zero-order chi connectivity index (χ0) is 11.7. The molecule has 2 heterocycles. The van der Waals surface area contributed by atoms with E-state index < -0.39 is 0 Å². The summed E-state index contributed by atoms with van der Waals surface area (Å²) >= 11 is 0. The second-order valence-corrected chi connectivity index (χ2v) is 5.13. The summed E-state index contributed by atoms with van der Waals surface area (Å²) in [6, 6.07) is 2.66. The molecule has 0 saturated carbocycles. The van der Waals surface area contributed by atoms with Crippen LogP contribution in [-0.4, -0.2) is 33.8 Å². The summed E-state index contributed by atoms with van der Waals surface area (Å²) < 4.78 is 1.75. The third-order valence-electron chi connectivity index (χ3n) is 3.51. The Morgan fingerprint density at radius 3 is 2.81 bits per heavy atom. The quantitative estimate of drug-likeness (QED) is 0.838. The Labute approximate surface area is 97.4 Å². The largest absolute Gasteiger partial charge is 0.384 e. The van der Waals surface area contributed by atoms with E-state index in [4.69, 9.17) is 5.73 Å². The second kappa shape index (κ2) is 4.45. The van der Waals surface area contributed by atoms with Gasteiger partial charge in [-0.3, -0.25) is 4.68 Å². The molecule has 0 spiro atoms. The minimum atomic E-state index is 0.666. The molecule has 1 saturated heterocycles. The summed E-state index contributed by atoms with van der Waals surface area (Å²) in [7, 11) is 1.90. The van der Waals surface area contributed by atoms with Crippen LogP contribution < -0.4 is 5.73 Å². The van der Waals surface area contributed by atoms with Gasteiger partial charge in [0.2, 0.25) is 0 Å². The average molecular weight is 222 g/mol. The van der Waals surface area contributed by atoms with Gasteiger partial charge in [0.1, 0.15) is 5.82 Å². The molecule has 0 bridgehead atoms. The van der Waals surface area contributed by atoms with Crippen molar-refractivity contribution in [3.05, 3.63) is 11.8 Å². The van der Waals surface area contributed by atoms with Gasteiger partial charge < -0.3 is 10.6 Å². The molecule has 1 atom stereocenters. The summed E-state index contributed by atoms with van der Waals surface area (Å²) in [4.78, 5) is 2.54. The van der Waals surface area contributed by atoms with Crippen LogP contribution in [-0.2, 0) is 13.5 Å². The van der Waals surface area contributed by atoms with Crippen LogP contribution in [0.25, 0.3) is 0 Å². The Morgan fingerprint density at radius 2 is 2.31 bits per heavy atom. The van der Waals surface area contributed by atoms with Crippen LogP contribution in [0, 0.1) is 5.92 Å². The number of nitrogen functional groups attached to an aromatic ring is 1. The predicted octanol–water partition coefficient (Wildman–Crippen LogP) is 1.28. The number of anilines is 1. The molecule has 1 aliphatic rings. The fraction of sp³-hybridized carbons (Fsp3) is 0.750. The SMILES string of the molecule is CC(C)N1CCC(Cc2cc(N)n(C)n2)C1. The Hall–Kier alpha value is -1.03. The van der Waals surface area contributed by atoms with Crippen molar-refractivity contribution in [3.8, 4) is 0 Å². The first kappa shape index (κ1) is 11.5. The minimum absolute atomic E-state index is 0.666. The monoisotopic (exact) mass is 222 g/mol. The highest BCUT2D eigenvalue weighted by atomic mass is 15.3. The maximum atomic E-state index is 5.78. The fourth-order valence-corrected chi connectivity index (χ4v) is 2.44. The van der Waals surface area contributed by atoms with Gasteiger partial charge in [-0.2, -0.15) is 5.10 Å². The zero-order valence-electron chi connectivity index (χ0n) is 10.5. The van der Waals surface area contributed by atoms with Gasteiger partial charge >= 0.3 is 0 Å². The van der Waals surface area contributed by atoms with Crippen molar-refractivity contribution in [3.63, 3.8) is 0 Å². The van der Waals surface area contributed by atoms with Crippen LogP contribution >= 0.6 is 0 Å². The van der Waals surface area contributed by atoms with Crippen molar-refractivity contribution in [1.82, 2.24) is 14.7 Å². The summed E-state index contributed by atoms with van der Waals surface area (Å²) in [5, 5.41) is 4.42. The van der Waals surface area contributed by atoms with Crippen LogP contribution in [0.2, 0.25) is 0 Å². The Balaban J connectivity index is 1.92. The highest BCUT2D eigenvalue weighted by molar-refractivity contribution is 5.30. The average Bonchev–Trinajstić information content (AvgIpc) is 2.76. The first-order valence-electron chi connectivity index (χ1n) is 6.08. The van der Waals surface area contributed by atoms with E-state index in [0.717, 1.165) is 23.9 Å². The summed E-state index contributed by atoms with van der Waals surface area (Å²) in [6.45, 7) is 6.96. The number of hydrogen-bond donors (Lipinski definition) is 1. The third kappa shape index (κ3) is 2.38. The van der Waals surface area contributed by atoms with E-state index in [9.17, 15) is 0 Å². The van der Waals surface area contributed by atoms with E-state index in [0.29, 0.717) is 6.04 Å². The molecule has 1 aromatic rings. The molecule has 0 aliphatic carbocycles. The van der Waals surface area contributed by atoms with E-state index >= 15 is 0 Å². The van der Waals surface area contributed by atoms with E-state index in [-0.39, 0.29) is 0 Å². The molecule has 1 aliphatic heterocycles. The number of nitrogens with zero attached hydrogens (tertiary/aromatic N) is 3. The van der Waals surface area contributed by atoms with Gasteiger partial charge in [0.25, 0.3) is 0 Å². The smallest absolute Gasteiger partial charge is 0.121 e. The molecule has 4 nitrogen and oxygen atoms in total. The minimum Gasteiger partial charge on any atom is -0.384 e. The van der Waals surface area contributed by atoms with Gasteiger partial charge in [-0.25, -0.2) is 0 Å². The molecule has 0 amide bonds. The number of likely N-dealkylation sites (tertiary alicyclic amines) is 1. The molecule has 1 fully saturated rings. The number of hydrogen-bond acceptors (Lipinski definition) is 3. The first-order chi connectivity index (χ1) is 7.56. The molecule has 90 valence electrons. The van der Waals surface area contributed by atoms with Gasteiger partial charge in [0.15, 0.2) is 0 Å². The fourth-order valence-electron chi connectivity index (χ4n) is 2.44. The third-order valence-corrected chi connectivity index (χ3v) is 3.51. The number of rotatable bonds is 3. The highest BCUT2D eigenvalue weighted by Crippen LogP contribution is 2.22. The van der Waals surface area contributed by atoms with Crippen LogP contribution in [0.4, 0.5) is 5.82 Å². The zero-order valence-corrected chi connectivity index (χ0v) is 10.5. The lowest BCUT2D eigenvalue weighted by Crippen LogP contribution is -2.28. The normalized spacial score (nSPS) is 22.1. The van der Waals surface area contributed by atoms with Gasteiger partial charge in [-0.05, 0) is 39.2 Å². The number of nitrogens with two attached hydrogens (primary N) is 1. The van der Waals surface area contributed by atoms with E-state index in [2.05, 4.69) is 23.8 Å². The summed E-state index contributed by atoms with van der Waals surface area (Å²) in [5.41, 5.74) is 6.92. The lowest BCUT2D eigenvalue weighted by atomic mass is 10.0. The van der Waals surface area contributed by atoms with Crippen LogP contribution in [0.15, 0.2) is 6.07 Å². The lowest BCUT2D eigenvalue weighted by molar-refractivity contribution is 0.264. The maximum absolute atomic E-state index is 5.78. The summed E-state index contributed by atoms with van der Waals surface area (Å²) in [5.74, 6) is 1.51. The molecule has 4 heteroatoms. The van der Waals surface area contributed by atoms with Crippen molar-refractivity contribution < 1.29 is 0 Å². The van der Waals surface area contributed by atoms with Gasteiger partial charge in [-0.1, -0.05) is 0 Å². The molecule has 2 N–H and O–H groups in total. The molecule has 16 heavy (non-hydrogen) atoms. The lowest BCUT2D eigenvalue weighted by Gasteiger charge is -2.19. The number of aryl methyl sites for hydroxylation is 1. The van der Waals surface area contributed by atoms with Crippen LogP contribution in [0.1, 0.15) is 26.0 Å². The Morgan fingerprint density at radius 1 is 1.56 bits per heavy atom. The van der Waals surface area contributed by atoms with E-state index in [1.54, 1.807) is 4.68 Å². The molecule has 0 aromatic carbocycles. The van der Waals surface area contributed by atoms with Gasteiger partial charge in [0.05, 0.1) is 5.69 Å². The van der Waals surface area contributed by atoms with Crippen molar-refractivity contribution in [1.29, 1.82) is 0 Å². The molecule has 0 radical (unpaired) electrons. The summed E-state index contributed by atoms with van der Waals surface area (Å²) in [6.07, 6.45) is 2.35. The van der Waals surface area contributed by atoms with Crippen molar-refractivity contribution in [2.75, 3.05) is 18.8 Å². The van der Waals surface area contributed by atoms with Gasteiger partial charge in [0, 0.05) is 25.7 Å². The van der Waals surface area contributed by atoms with Crippen molar-refractivity contribution >= 4 is 5.82 Å². The van der Waals surface area contributed by atoms with Crippen LogP contribution in [0.3, 0.4) is 0 Å². The predicted molar refractivity (Wildman–Crippen MR) is 66.1 cm³/mol. The highest BCUT2D eigenvalue weighted by Gasteiger charge is 2.24. The molecule has 2 rings (SSSR count). The standard InChI is InChI=1S/C12H22N4/c1-9(2)16-5-4-10(8-16)6-11-7-12(13)15(3)14-11/h7,9-10H,4-6,8,13H2,1-3H3. The molecule has 1 unspecified atom stereocenters. The van der Waals surface area contributed by atoms with Crippen molar-refractivity contribution in [2.24, 2.45) is 13.0 Å². The molecule has 1 aromatic heterocycles. The Bertz CT molecular complexity index is 336. The topological polar surface area (TPSA) is 47.1 Å². The van der Waals surface area contributed by atoms with Crippen LogP contribution in [0.5, 0.6) is 0 Å². The maximum Gasteiger partial charge on any atom is 0.121 e. The van der Waals surface area contributed by atoms with Gasteiger partial charge in [-0.15, -0.1) is 0 Å². The Kier molecular flexibility index (Phi) is 3.19. The molecular formula is C12H22N4. The van der Waals surface area contributed by atoms with Crippen molar-refractivity contribution in [2.45, 2.75) is 32.7 Å². The number of aromatic nitrogens is 2. The second-order valence-electron chi connectivity index (χ2n) is 5.13. The first-order valence-corrected chi connectivity index (χ1v) is 6.08.